The van der Waals surface area contributed by atoms with Crippen molar-refractivity contribution in [3.05, 3.63) is 0 Å². The molecule has 56 valence electrons. The molecule has 1 heteroatoms. The zero-order valence-corrected chi connectivity index (χ0v) is 6.52. The first-order chi connectivity index (χ1) is 4.83. The highest BCUT2D eigenvalue weighted by molar-refractivity contribution is 5.07. The largest absolute Gasteiger partial charge is 0.383 e. The van der Waals surface area contributed by atoms with E-state index in [1.54, 1.807) is 7.11 Å². The Morgan fingerprint density at radius 3 is 2.50 bits per heavy atom. The third-order valence-corrected chi connectivity index (χ3v) is 2.29. The van der Waals surface area contributed by atoms with E-state index >= 15 is 0 Å². The summed E-state index contributed by atoms with van der Waals surface area (Å²) in [4.78, 5) is 0. The Balaban J connectivity index is 2.51. The van der Waals surface area contributed by atoms with Gasteiger partial charge in [0, 0.05) is 7.11 Å². The number of terminal acetylenes is 1. The average molecular weight is 138 g/mol. The number of rotatable bonds is 2. The third kappa shape index (κ3) is 1.33. The molecule has 0 atom stereocenters. The predicted octanol–water partition coefficient (Wildman–Crippen LogP) is 1.83. The molecule has 0 aromatic heterocycles. The van der Waals surface area contributed by atoms with Gasteiger partial charge in [0.15, 0.2) is 0 Å². The molecule has 0 radical (unpaired) electrons. The van der Waals surface area contributed by atoms with Gasteiger partial charge >= 0.3 is 0 Å². The molecule has 0 saturated heterocycles. The molecular weight excluding hydrogens is 124 g/mol. The first-order valence-electron chi connectivity index (χ1n) is 3.80. The third-order valence-electron chi connectivity index (χ3n) is 2.29. The van der Waals surface area contributed by atoms with Crippen LogP contribution in [0.25, 0.3) is 0 Å². The van der Waals surface area contributed by atoms with Gasteiger partial charge in [-0.05, 0) is 12.8 Å². The SMILES string of the molecule is C#CC1(COC)CCCC1. The van der Waals surface area contributed by atoms with Gasteiger partial charge in [0.1, 0.15) is 0 Å². The molecule has 1 fully saturated rings. The van der Waals surface area contributed by atoms with E-state index in [0.717, 1.165) is 19.4 Å². The van der Waals surface area contributed by atoms with Crippen LogP contribution in [0, 0.1) is 17.8 Å². The Bertz CT molecular complexity index is 137. The van der Waals surface area contributed by atoms with Crippen LogP contribution in [0.2, 0.25) is 0 Å². The van der Waals surface area contributed by atoms with E-state index in [1.165, 1.54) is 12.8 Å². The van der Waals surface area contributed by atoms with Crippen LogP contribution in [0.3, 0.4) is 0 Å². The minimum Gasteiger partial charge on any atom is -0.383 e. The fourth-order valence-electron chi connectivity index (χ4n) is 1.66. The molecule has 0 N–H and O–H groups in total. The average Bonchev–Trinajstić information content (AvgIpc) is 2.39. The number of ether oxygens (including phenoxy) is 1. The summed E-state index contributed by atoms with van der Waals surface area (Å²) in [7, 11) is 1.72. The zero-order chi connectivity index (χ0) is 7.45. The molecule has 0 bridgehead atoms. The van der Waals surface area contributed by atoms with Crippen LogP contribution in [-0.2, 0) is 4.74 Å². The Labute approximate surface area is 62.8 Å². The molecule has 10 heavy (non-hydrogen) atoms. The van der Waals surface area contributed by atoms with Crippen LogP contribution in [0.5, 0.6) is 0 Å². The van der Waals surface area contributed by atoms with Crippen molar-refractivity contribution in [1.29, 1.82) is 0 Å². The fourth-order valence-corrected chi connectivity index (χ4v) is 1.66. The summed E-state index contributed by atoms with van der Waals surface area (Å²) < 4.78 is 5.08. The monoisotopic (exact) mass is 138 g/mol. The summed E-state index contributed by atoms with van der Waals surface area (Å²) in [5.74, 6) is 2.85. The summed E-state index contributed by atoms with van der Waals surface area (Å²) in [6, 6.07) is 0. The van der Waals surface area contributed by atoms with Crippen LogP contribution in [0.15, 0.2) is 0 Å². The number of hydrogen-bond donors (Lipinski definition) is 0. The molecule has 0 amide bonds. The van der Waals surface area contributed by atoms with E-state index in [0.29, 0.717) is 0 Å². The first kappa shape index (κ1) is 7.63. The standard InChI is InChI=1S/C9H14O/c1-3-9(8-10-2)6-4-5-7-9/h1H,4-8H2,2H3. The fraction of sp³-hybridized carbons (Fsp3) is 0.778. The van der Waals surface area contributed by atoms with Crippen molar-refractivity contribution >= 4 is 0 Å². The van der Waals surface area contributed by atoms with Gasteiger partial charge in [0.25, 0.3) is 0 Å². The molecule has 1 aliphatic rings. The van der Waals surface area contributed by atoms with Crippen LogP contribution in [-0.4, -0.2) is 13.7 Å². The highest BCUT2D eigenvalue weighted by atomic mass is 16.5. The lowest BCUT2D eigenvalue weighted by atomic mass is 9.89. The lowest BCUT2D eigenvalue weighted by Gasteiger charge is -2.20. The van der Waals surface area contributed by atoms with Crippen molar-refractivity contribution in [2.75, 3.05) is 13.7 Å². The van der Waals surface area contributed by atoms with Gasteiger partial charge in [-0.3, -0.25) is 0 Å². The van der Waals surface area contributed by atoms with Crippen LogP contribution >= 0.6 is 0 Å². The Hall–Kier alpha value is -0.480. The number of hydrogen-bond acceptors (Lipinski definition) is 1. The quantitative estimate of drug-likeness (QED) is 0.529. The van der Waals surface area contributed by atoms with Crippen molar-refractivity contribution in [2.24, 2.45) is 5.41 Å². The van der Waals surface area contributed by atoms with E-state index in [1.807, 2.05) is 0 Å². The summed E-state index contributed by atoms with van der Waals surface area (Å²) in [5.41, 5.74) is 0.0920. The maximum absolute atomic E-state index is 5.42. The minimum absolute atomic E-state index is 0.0920. The Kier molecular flexibility index (Phi) is 2.34. The summed E-state index contributed by atoms with van der Waals surface area (Å²) in [5, 5.41) is 0. The van der Waals surface area contributed by atoms with Gasteiger partial charge in [0.05, 0.1) is 12.0 Å². The second-order valence-corrected chi connectivity index (χ2v) is 3.06. The first-order valence-corrected chi connectivity index (χ1v) is 3.80. The number of methoxy groups -OCH3 is 1. The van der Waals surface area contributed by atoms with Crippen molar-refractivity contribution in [2.45, 2.75) is 25.7 Å². The molecular formula is C9H14O. The van der Waals surface area contributed by atoms with E-state index in [9.17, 15) is 0 Å². The summed E-state index contributed by atoms with van der Waals surface area (Å²) in [6.45, 7) is 0.740. The lowest BCUT2D eigenvalue weighted by Crippen LogP contribution is -2.19. The van der Waals surface area contributed by atoms with Crippen LogP contribution in [0.1, 0.15) is 25.7 Å². The summed E-state index contributed by atoms with van der Waals surface area (Å²) in [6.07, 6.45) is 10.3. The molecule has 1 nitrogen and oxygen atoms in total. The topological polar surface area (TPSA) is 9.23 Å². The minimum atomic E-state index is 0.0920. The second-order valence-electron chi connectivity index (χ2n) is 3.06. The molecule has 0 heterocycles. The molecule has 0 aromatic carbocycles. The second kappa shape index (κ2) is 3.07. The van der Waals surface area contributed by atoms with E-state index < -0.39 is 0 Å². The van der Waals surface area contributed by atoms with Gasteiger partial charge < -0.3 is 4.74 Å². The van der Waals surface area contributed by atoms with E-state index in [-0.39, 0.29) is 5.41 Å². The normalized spacial score (nSPS) is 22.4. The van der Waals surface area contributed by atoms with E-state index in [4.69, 9.17) is 11.2 Å². The lowest BCUT2D eigenvalue weighted by molar-refractivity contribution is 0.121. The summed E-state index contributed by atoms with van der Waals surface area (Å²) >= 11 is 0. The highest BCUT2D eigenvalue weighted by Crippen LogP contribution is 2.37. The van der Waals surface area contributed by atoms with Gasteiger partial charge in [-0.25, -0.2) is 0 Å². The maximum atomic E-state index is 5.42. The van der Waals surface area contributed by atoms with Crippen molar-refractivity contribution in [3.8, 4) is 12.3 Å². The van der Waals surface area contributed by atoms with Gasteiger partial charge in [-0.2, -0.15) is 0 Å². The van der Waals surface area contributed by atoms with Crippen molar-refractivity contribution in [1.82, 2.24) is 0 Å². The van der Waals surface area contributed by atoms with Gasteiger partial charge in [-0.15, -0.1) is 6.42 Å². The van der Waals surface area contributed by atoms with Gasteiger partial charge in [-0.1, -0.05) is 18.8 Å². The van der Waals surface area contributed by atoms with Crippen LogP contribution < -0.4 is 0 Å². The Morgan fingerprint density at radius 1 is 1.50 bits per heavy atom. The predicted molar refractivity (Wildman–Crippen MR) is 41.6 cm³/mol. The smallest absolute Gasteiger partial charge is 0.0628 e. The Morgan fingerprint density at radius 2 is 2.10 bits per heavy atom. The molecule has 0 aromatic rings. The molecule has 1 saturated carbocycles. The maximum Gasteiger partial charge on any atom is 0.0628 e. The molecule has 1 aliphatic carbocycles. The van der Waals surface area contributed by atoms with Crippen molar-refractivity contribution < 1.29 is 4.74 Å². The molecule has 1 rings (SSSR count). The molecule has 0 aliphatic heterocycles. The van der Waals surface area contributed by atoms with E-state index in [2.05, 4.69) is 5.92 Å². The zero-order valence-electron chi connectivity index (χ0n) is 6.52. The molecule has 0 unspecified atom stereocenters. The van der Waals surface area contributed by atoms with Crippen LogP contribution in [0.4, 0.5) is 0 Å². The van der Waals surface area contributed by atoms with Crippen molar-refractivity contribution in [3.63, 3.8) is 0 Å². The van der Waals surface area contributed by atoms with Gasteiger partial charge in [0.2, 0.25) is 0 Å². The highest BCUT2D eigenvalue weighted by Gasteiger charge is 2.31. The molecule has 0 spiro atoms.